The van der Waals surface area contributed by atoms with Gasteiger partial charge in [0.15, 0.2) is 0 Å². The van der Waals surface area contributed by atoms with Crippen LogP contribution in [0.3, 0.4) is 0 Å². The Bertz CT molecular complexity index is 534. The second-order valence-electron chi connectivity index (χ2n) is 4.69. The first kappa shape index (κ1) is 13.1. The minimum Gasteiger partial charge on any atom is -0.399 e. The summed E-state index contributed by atoms with van der Waals surface area (Å²) < 4.78 is 0. The average molecular weight is 254 g/mol. The van der Waals surface area contributed by atoms with Crippen LogP contribution >= 0.6 is 0 Å². The number of benzene rings is 2. The highest BCUT2D eigenvalue weighted by Crippen LogP contribution is 2.07. The van der Waals surface area contributed by atoms with Crippen LogP contribution in [0.5, 0.6) is 0 Å². The van der Waals surface area contributed by atoms with E-state index in [4.69, 9.17) is 5.73 Å². The van der Waals surface area contributed by atoms with E-state index in [9.17, 15) is 4.79 Å². The first-order chi connectivity index (χ1) is 9.15. The molecule has 0 fully saturated rings. The topological polar surface area (TPSA) is 55.1 Å². The number of carbonyl (C=O) groups excluding carboxylic acids is 1. The molecular weight excluding hydrogens is 236 g/mol. The zero-order chi connectivity index (χ0) is 13.7. The number of carbonyl (C=O) groups is 1. The Hall–Kier alpha value is -2.29. The molecule has 0 aliphatic rings. The Morgan fingerprint density at radius 1 is 1.11 bits per heavy atom. The molecule has 0 spiro atoms. The summed E-state index contributed by atoms with van der Waals surface area (Å²) in [5.74, 6) is -0.0663. The average Bonchev–Trinajstić information content (AvgIpc) is 2.40. The quantitative estimate of drug-likeness (QED) is 0.824. The van der Waals surface area contributed by atoms with E-state index in [1.807, 2.05) is 25.1 Å². The van der Waals surface area contributed by atoms with Crippen molar-refractivity contribution < 1.29 is 4.79 Å². The maximum atomic E-state index is 12.0. The Labute approximate surface area is 113 Å². The zero-order valence-corrected chi connectivity index (χ0v) is 11.0. The fourth-order valence-electron chi connectivity index (χ4n) is 1.96. The van der Waals surface area contributed by atoms with Crippen molar-refractivity contribution >= 4 is 11.6 Å². The van der Waals surface area contributed by atoms with Crippen molar-refractivity contribution in [2.45, 2.75) is 19.4 Å². The molecule has 2 rings (SSSR count). The van der Waals surface area contributed by atoms with Gasteiger partial charge in [0.1, 0.15) is 0 Å². The molecule has 0 aromatic heterocycles. The van der Waals surface area contributed by atoms with Crippen molar-refractivity contribution in [3.8, 4) is 0 Å². The minimum absolute atomic E-state index is 0.0663. The van der Waals surface area contributed by atoms with Crippen LogP contribution in [0.1, 0.15) is 22.8 Å². The van der Waals surface area contributed by atoms with Crippen LogP contribution in [-0.4, -0.2) is 11.9 Å². The Kier molecular flexibility index (Phi) is 4.18. The van der Waals surface area contributed by atoms with Crippen LogP contribution in [0.15, 0.2) is 54.6 Å². The van der Waals surface area contributed by atoms with Crippen LogP contribution in [0.2, 0.25) is 0 Å². The van der Waals surface area contributed by atoms with E-state index >= 15 is 0 Å². The summed E-state index contributed by atoms with van der Waals surface area (Å²) in [5.41, 5.74) is 8.11. The number of rotatable bonds is 4. The summed E-state index contributed by atoms with van der Waals surface area (Å²) in [7, 11) is 0. The third-order valence-electron chi connectivity index (χ3n) is 2.94. The van der Waals surface area contributed by atoms with E-state index in [2.05, 4.69) is 17.4 Å². The number of nitrogens with two attached hydrogens (primary N) is 1. The number of nitrogen functional groups attached to an aromatic ring is 1. The third-order valence-corrected chi connectivity index (χ3v) is 2.94. The molecule has 3 heteroatoms. The van der Waals surface area contributed by atoms with Crippen molar-refractivity contribution in [1.29, 1.82) is 0 Å². The lowest BCUT2D eigenvalue weighted by Gasteiger charge is -2.14. The maximum Gasteiger partial charge on any atom is 0.251 e. The van der Waals surface area contributed by atoms with Gasteiger partial charge in [-0.1, -0.05) is 30.3 Å². The first-order valence-corrected chi connectivity index (χ1v) is 6.35. The van der Waals surface area contributed by atoms with Gasteiger partial charge in [-0.05, 0) is 43.2 Å². The van der Waals surface area contributed by atoms with Crippen molar-refractivity contribution in [2.75, 3.05) is 5.73 Å². The number of nitrogens with one attached hydrogen (secondary N) is 1. The van der Waals surface area contributed by atoms with Gasteiger partial charge in [0, 0.05) is 17.3 Å². The molecule has 0 aliphatic carbocycles. The van der Waals surface area contributed by atoms with Crippen LogP contribution in [-0.2, 0) is 6.42 Å². The lowest BCUT2D eigenvalue weighted by Crippen LogP contribution is -2.34. The molecule has 1 amide bonds. The number of amides is 1. The molecule has 0 aliphatic heterocycles. The Morgan fingerprint density at radius 3 is 2.37 bits per heavy atom. The van der Waals surface area contributed by atoms with E-state index in [1.54, 1.807) is 24.3 Å². The third kappa shape index (κ3) is 3.85. The zero-order valence-electron chi connectivity index (χ0n) is 11.0. The van der Waals surface area contributed by atoms with Crippen molar-refractivity contribution in [2.24, 2.45) is 0 Å². The molecule has 1 atom stereocenters. The highest BCUT2D eigenvalue weighted by atomic mass is 16.1. The largest absolute Gasteiger partial charge is 0.399 e. The van der Waals surface area contributed by atoms with Crippen molar-refractivity contribution in [3.63, 3.8) is 0 Å². The monoisotopic (exact) mass is 254 g/mol. The first-order valence-electron chi connectivity index (χ1n) is 6.35. The summed E-state index contributed by atoms with van der Waals surface area (Å²) in [6, 6.07) is 17.1. The van der Waals surface area contributed by atoms with Crippen LogP contribution in [0.4, 0.5) is 5.69 Å². The molecule has 2 aromatic rings. The SMILES string of the molecule is C[C@H](Cc1ccccc1)NC(=O)c1ccc(N)cc1. The van der Waals surface area contributed by atoms with Gasteiger partial charge in [-0.25, -0.2) is 0 Å². The molecule has 0 saturated heterocycles. The number of hydrogen-bond acceptors (Lipinski definition) is 2. The lowest BCUT2D eigenvalue weighted by molar-refractivity contribution is 0.0940. The standard InChI is InChI=1S/C16H18N2O/c1-12(11-13-5-3-2-4-6-13)18-16(19)14-7-9-15(17)10-8-14/h2-10,12H,11,17H2,1H3,(H,18,19)/t12-/m1/s1. The minimum atomic E-state index is -0.0663. The van der Waals surface area contributed by atoms with Gasteiger partial charge >= 0.3 is 0 Å². The van der Waals surface area contributed by atoms with E-state index < -0.39 is 0 Å². The second-order valence-corrected chi connectivity index (χ2v) is 4.69. The summed E-state index contributed by atoms with van der Waals surface area (Å²) in [6.45, 7) is 2.00. The lowest BCUT2D eigenvalue weighted by atomic mass is 10.1. The maximum absolute atomic E-state index is 12.0. The van der Waals surface area contributed by atoms with Gasteiger partial charge in [0.2, 0.25) is 0 Å². The molecular formula is C16H18N2O. The molecule has 98 valence electrons. The molecule has 3 nitrogen and oxygen atoms in total. The highest BCUT2D eigenvalue weighted by molar-refractivity contribution is 5.94. The van der Waals surface area contributed by atoms with Crippen LogP contribution in [0.25, 0.3) is 0 Å². The Balaban J connectivity index is 1.93. The summed E-state index contributed by atoms with van der Waals surface area (Å²) in [4.78, 5) is 12.0. The summed E-state index contributed by atoms with van der Waals surface area (Å²) in [6.07, 6.45) is 0.821. The van der Waals surface area contributed by atoms with Crippen LogP contribution < -0.4 is 11.1 Å². The molecule has 0 heterocycles. The number of hydrogen-bond donors (Lipinski definition) is 2. The van der Waals surface area contributed by atoms with Gasteiger partial charge in [-0.3, -0.25) is 4.79 Å². The van der Waals surface area contributed by atoms with Gasteiger partial charge in [-0.2, -0.15) is 0 Å². The van der Waals surface area contributed by atoms with E-state index in [0.29, 0.717) is 11.3 Å². The van der Waals surface area contributed by atoms with Crippen molar-refractivity contribution in [1.82, 2.24) is 5.32 Å². The smallest absolute Gasteiger partial charge is 0.251 e. The molecule has 0 radical (unpaired) electrons. The molecule has 0 saturated carbocycles. The molecule has 19 heavy (non-hydrogen) atoms. The number of anilines is 1. The fourth-order valence-corrected chi connectivity index (χ4v) is 1.96. The van der Waals surface area contributed by atoms with E-state index in [-0.39, 0.29) is 11.9 Å². The predicted octanol–water partition coefficient (Wildman–Crippen LogP) is 2.63. The van der Waals surface area contributed by atoms with Gasteiger partial charge in [-0.15, -0.1) is 0 Å². The molecule has 2 aromatic carbocycles. The molecule has 3 N–H and O–H groups in total. The van der Waals surface area contributed by atoms with Crippen molar-refractivity contribution in [3.05, 3.63) is 65.7 Å². The van der Waals surface area contributed by atoms with Gasteiger partial charge in [0.05, 0.1) is 0 Å². The Morgan fingerprint density at radius 2 is 1.74 bits per heavy atom. The van der Waals surface area contributed by atoms with Gasteiger partial charge in [0.25, 0.3) is 5.91 Å². The summed E-state index contributed by atoms with van der Waals surface area (Å²) in [5, 5.41) is 2.98. The second kappa shape index (κ2) is 6.05. The van der Waals surface area contributed by atoms with Gasteiger partial charge < -0.3 is 11.1 Å². The molecule has 0 bridgehead atoms. The van der Waals surface area contributed by atoms with E-state index in [1.165, 1.54) is 5.56 Å². The summed E-state index contributed by atoms with van der Waals surface area (Å²) >= 11 is 0. The fraction of sp³-hybridized carbons (Fsp3) is 0.188. The highest BCUT2D eigenvalue weighted by Gasteiger charge is 2.09. The van der Waals surface area contributed by atoms with E-state index in [0.717, 1.165) is 6.42 Å². The van der Waals surface area contributed by atoms with Crippen LogP contribution in [0, 0.1) is 0 Å². The predicted molar refractivity (Wildman–Crippen MR) is 77.9 cm³/mol. The normalized spacial score (nSPS) is 11.8. The molecule has 0 unspecified atom stereocenters.